The first-order valence-electron chi connectivity index (χ1n) is 6.72. The van der Waals surface area contributed by atoms with Gasteiger partial charge in [-0.15, -0.1) is 0 Å². The zero-order valence-corrected chi connectivity index (χ0v) is 12.6. The van der Waals surface area contributed by atoms with E-state index in [-0.39, 0.29) is 6.42 Å². The van der Waals surface area contributed by atoms with Gasteiger partial charge in [-0.1, -0.05) is 18.5 Å². The smallest absolute Gasteiger partial charge is 0.319 e. The van der Waals surface area contributed by atoms with E-state index in [4.69, 9.17) is 21.4 Å². The van der Waals surface area contributed by atoms with Crippen LogP contribution in [0.3, 0.4) is 0 Å². The van der Waals surface area contributed by atoms with Gasteiger partial charge in [0.15, 0.2) is 0 Å². The summed E-state index contributed by atoms with van der Waals surface area (Å²) >= 11 is 6.05. The van der Waals surface area contributed by atoms with E-state index in [1.165, 1.54) is 0 Å². The molecule has 0 aliphatic carbocycles. The largest absolute Gasteiger partial charge is 0.492 e. The molecule has 3 N–H and O–H groups in total. The minimum atomic E-state index is -0.883. The molecule has 0 bridgehead atoms. The third-order valence-electron chi connectivity index (χ3n) is 2.50. The Morgan fingerprint density at radius 3 is 2.76 bits per heavy atom. The fraction of sp³-hybridized carbons (Fsp3) is 0.429. The van der Waals surface area contributed by atoms with Crippen molar-refractivity contribution in [2.24, 2.45) is 0 Å². The van der Waals surface area contributed by atoms with Gasteiger partial charge in [-0.3, -0.25) is 4.79 Å². The molecular weight excluding hydrogens is 296 g/mol. The number of carboxylic acids is 1. The number of hydrogen-bond donors (Lipinski definition) is 3. The Labute approximate surface area is 128 Å². The number of carboxylic acid groups (broad SMARTS) is 1. The van der Waals surface area contributed by atoms with Crippen molar-refractivity contribution in [3.8, 4) is 5.75 Å². The van der Waals surface area contributed by atoms with Crippen LogP contribution in [-0.2, 0) is 4.79 Å². The highest BCUT2D eigenvalue weighted by atomic mass is 35.5. The number of halogens is 1. The lowest BCUT2D eigenvalue weighted by Gasteiger charge is -2.10. The number of aliphatic carboxylic acids is 1. The number of anilines is 1. The van der Waals surface area contributed by atoms with Crippen molar-refractivity contribution in [3.63, 3.8) is 0 Å². The molecule has 1 aromatic carbocycles. The molecule has 0 spiro atoms. The number of hydrogen-bond acceptors (Lipinski definition) is 3. The van der Waals surface area contributed by atoms with Crippen molar-refractivity contribution in [1.29, 1.82) is 0 Å². The van der Waals surface area contributed by atoms with Gasteiger partial charge in [-0.05, 0) is 31.0 Å². The van der Waals surface area contributed by atoms with Crippen LogP contribution >= 0.6 is 11.6 Å². The summed E-state index contributed by atoms with van der Waals surface area (Å²) < 4.78 is 5.43. The van der Waals surface area contributed by atoms with Gasteiger partial charge in [0.25, 0.3) is 0 Å². The molecule has 2 amide bonds. The van der Waals surface area contributed by atoms with Gasteiger partial charge in [0.1, 0.15) is 5.75 Å². The SMILES string of the molecule is CCCOc1ccc(NC(=O)NCCCC(=O)O)cc1Cl. The molecule has 0 atom stereocenters. The van der Waals surface area contributed by atoms with Gasteiger partial charge in [0.05, 0.1) is 11.6 Å². The van der Waals surface area contributed by atoms with Crippen molar-refractivity contribution >= 4 is 29.3 Å². The molecule has 116 valence electrons. The number of nitrogens with one attached hydrogen (secondary N) is 2. The van der Waals surface area contributed by atoms with Crippen LogP contribution in [0.5, 0.6) is 5.75 Å². The second-order valence-electron chi connectivity index (χ2n) is 4.37. The monoisotopic (exact) mass is 314 g/mol. The third kappa shape index (κ3) is 6.85. The van der Waals surface area contributed by atoms with Gasteiger partial charge >= 0.3 is 12.0 Å². The van der Waals surface area contributed by atoms with Crippen molar-refractivity contribution in [2.75, 3.05) is 18.5 Å². The Kier molecular flexibility index (Phi) is 7.39. The van der Waals surface area contributed by atoms with Crippen LogP contribution < -0.4 is 15.4 Å². The summed E-state index contributed by atoms with van der Waals surface area (Å²) in [5.41, 5.74) is 0.541. The molecule has 21 heavy (non-hydrogen) atoms. The average molecular weight is 315 g/mol. The summed E-state index contributed by atoms with van der Waals surface area (Å²) in [6, 6.07) is 4.58. The van der Waals surface area contributed by atoms with Crippen LogP contribution in [0.2, 0.25) is 5.02 Å². The molecule has 0 aliphatic rings. The molecule has 0 radical (unpaired) electrons. The van der Waals surface area contributed by atoms with Crippen LogP contribution in [0.15, 0.2) is 18.2 Å². The highest BCUT2D eigenvalue weighted by Gasteiger charge is 2.06. The van der Waals surface area contributed by atoms with E-state index >= 15 is 0 Å². The maximum Gasteiger partial charge on any atom is 0.319 e. The first-order chi connectivity index (χ1) is 10.0. The Balaban J connectivity index is 2.42. The first kappa shape index (κ1) is 17.1. The fourth-order valence-corrected chi connectivity index (χ4v) is 1.76. The van der Waals surface area contributed by atoms with E-state index < -0.39 is 12.0 Å². The predicted octanol–water partition coefficient (Wildman–Crippen LogP) is 3.12. The Bertz CT molecular complexity index is 494. The number of carbonyl (C=O) groups excluding carboxylic acids is 1. The standard InChI is InChI=1S/C14H19ClN2O4/c1-2-8-21-12-6-5-10(9-11(12)15)17-14(20)16-7-3-4-13(18)19/h5-6,9H,2-4,7-8H2,1H3,(H,18,19)(H2,16,17,20). The topological polar surface area (TPSA) is 87.7 Å². The van der Waals surface area contributed by atoms with Crippen LogP contribution in [0.4, 0.5) is 10.5 Å². The van der Waals surface area contributed by atoms with Crippen LogP contribution in [-0.4, -0.2) is 30.3 Å². The van der Waals surface area contributed by atoms with Crippen molar-refractivity contribution < 1.29 is 19.4 Å². The number of rotatable bonds is 8. The zero-order chi connectivity index (χ0) is 15.7. The summed E-state index contributed by atoms with van der Waals surface area (Å²) in [7, 11) is 0. The molecule has 0 fully saturated rings. The van der Waals surface area contributed by atoms with Crippen LogP contribution in [0.25, 0.3) is 0 Å². The van der Waals surface area contributed by atoms with E-state index in [0.29, 0.717) is 36.0 Å². The molecule has 7 heteroatoms. The lowest BCUT2D eigenvalue weighted by atomic mass is 10.3. The molecular formula is C14H19ClN2O4. The van der Waals surface area contributed by atoms with Crippen molar-refractivity contribution in [1.82, 2.24) is 5.32 Å². The Hall–Kier alpha value is -1.95. The van der Waals surface area contributed by atoms with Crippen molar-refractivity contribution in [2.45, 2.75) is 26.2 Å². The second kappa shape index (κ2) is 9.07. The summed E-state index contributed by atoms with van der Waals surface area (Å²) in [6.45, 7) is 2.87. The van der Waals surface area contributed by atoms with E-state index in [0.717, 1.165) is 6.42 Å². The third-order valence-corrected chi connectivity index (χ3v) is 2.80. The number of ether oxygens (including phenoxy) is 1. The number of carbonyl (C=O) groups is 2. The van der Waals surface area contributed by atoms with Crippen LogP contribution in [0.1, 0.15) is 26.2 Å². The lowest BCUT2D eigenvalue weighted by molar-refractivity contribution is -0.137. The summed E-state index contributed by atoms with van der Waals surface area (Å²) in [5.74, 6) is -0.308. The molecule has 0 saturated carbocycles. The maximum absolute atomic E-state index is 11.6. The molecule has 0 aromatic heterocycles. The molecule has 6 nitrogen and oxygen atoms in total. The van der Waals surface area contributed by atoms with E-state index in [1.807, 2.05) is 6.92 Å². The normalized spacial score (nSPS) is 10.0. The molecule has 0 aliphatic heterocycles. The summed E-state index contributed by atoms with van der Waals surface area (Å²) in [6.07, 6.45) is 1.29. The fourth-order valence-electron chi connectivity index (χ4n) is 1.52. The Morgan fingerprint density at radius 1 is 1.38 bits per heavy atom. The number of urea groups is 1. The quantitative estimate of drug-likeness (QED) is 0.643. The predicted molar refractivity (Wildman–Crippen MR) is 81.1 cm³/mol. The van der Waals surface area contributed by atoms with Gasteiger partial charge in [-0.2, -0.15) is 0 Å². The van der Waals surface area contributed by atoms with E-state index in [2.05, 4.69) is 10.6 Å². The van der Waals surface area contributed by atoms with E-state index in [9.17, 15) is 9.59 Å². The van der Waals surface area contributed by atoms with Gasteiger partial charge < -0.3 is 20.5 Å². The maximum atomic E-state index is 11.6. The molecule has 0 heterocycles. The highest BCUT2D eigenvalue weighted by Crippen LogP contribution is 2.27. The lowest BCUT2D eigenvalue weighted by Crippen LogP contribution is -2.29. The minimum Gasteiger partial charge on any atom is -0.492 e. The molecule has 1 rings (SSSR count). The number of amides is 2. The van der Waals surface area contributed by atoms with Gasteiger partial charge in [0.2, 0.25) is 0 Å². The van der Waals surface area contributed by atoms with Crippen LogP contribution in [0, 0.1) is 0 Å². The van der Waals surface area contributed by atoms with Crippen molar-refractivity contribution in [3.05, 3.63) is 23.2 Å². The Morgan fingerprint density at radius 2 is 2.14 bits per heavy atom. The molecule has 0 saturated heterocycles. The van der Waals surface area contributed by atoms with E-state index in [1.54, 1.807) is 18.2 Å². The van der Waals surface area contributed by atoms with Gasteiger partial charge in [-0.25, -0.2) is 4.79 Å². The van der Waals surface area contributed by atoms with Gasteiger partial charge in [0, 0.05) is 18.7 Å². The average Bonchev–Trinajstić information content (AvgIpc) is 2.42. The summed E-state index contributed by atoms with van der Waals surface area (Å²) in [5, 5.41) is 14.1. The number of benzene rings is 1. The molecule has 1 aromatic rings. The zero-order valence-electron chi connectivity index (χ0n) is 11.8. The summed E-state index contributed by atoms with van der Waals surface area (Å²) in [4.78, 5) is 21.9. The first-order valence-corrected chi connectivity index (χ1v) is 7.09. The second-order valence-corrected chi connectivity index (χ2v) is 4.78. The highest BCUT2D eigenvalue weighted by molar-refractivity contribution is 6.32. The molecule has 0 unspecified atom stereocenters. The minimum absolute atomic E-state index is 0.0234.